The van der Waals surface area contributed by atoms with Crippen LogP contribution >= 0.6 is 11.8 Å². The van der Waals surface area contributed by atoms with Crippen molar-refractivity contribution in [1.29, 1.82) is 0 Å². The van der Waals surface area contributed by atoms with Gasteiger partial charge in [0.05, 0.1) is 12.9 Å². The van der Waals surface area contributed by atoms with Gasteiger partial charge < -0.3 is 15.2 Å². The van der Waals surface area contributed by atoms with Gasteiger partial charge >= 0.3 is 0 Å². The van der Waals surface area contributed by atoms with E-state index in [4.69, 9.17) is 4.99 Å². The summed E-state index contributed by atoms with van der Waals surface area (Å²) < 4.78 is 2.25. The van der Waals surface area contributed by atoms with Gasteiger partial charge in [-0.2, -0.15) is 11.8 Å². The predicted molar refractivity (Wildman–Crippen MR) is 108 cm³/mol. The zero-order valence-electron chi connectivity index (χ0n) is 15.6. The van der Waals surface area contributed by atoms with E-state index in [-0.39, 0.29) is 4.75 Å². The molecule has 0 aliphatic rings. The van der Waals surface area contributed by atoms with E-state index in [0.717, 1.165) is 25.6 Å². The first-order valence-electron chi connectivity index (χ1n) is 8.63. The molecule has 0 saturated heterocycles. The van der Waals surface area contributed by atoms with Crippen LogP contribution in [0.2, 0.25) is 0 Å². The summed E-state index contributed by atoms with van der Waals surface area (Å²) in [6.45, 7) is 9.79. The summed E-state index contributed by atoms with van der Waals surface area (Å²) >= 11 is 1.85. The van der Waals surface area contributed by atoms with Crippen molar-refractivity contribution >= 4 is 17.7 Å². The maximum Gasteiger partial charge on any atom is 0.191 e. The highest BCUT2D eigenvalue weighted by molar-refractivity contribution is 7.99. The first kappa shape index (κ1) is 19.4. The van der Waals surface area contributed by atoms with E-state index in [1.54, 1.807) is 6.20 Å². The Kier molecular flexibility index (Phi) is 7.37. The van der Waals surface area contributed by atoms with Crippen molar-refractivity contribution in [1.82, 2.24) is 20.2 Å². The summed E-state index contributed by atoms with van der Waals surface area (Å²) in [5.41, 5.74) is 2.47. The van der Waals surface area contributed by atoms with Gasteiger partial charge in [0.1, 0.15) is 0 Å². The van der Waals surface area contributed by atoms with Crippen molar-refractivity contribution in [3.8, 4) is 0 Å². The topological polar surface area (TPSA) is 54.2 Å². The van der Waals surface area contributed by atoms with Gasteiger partial charge in [0.2, 0.25) is 0 Å². The lowest BCUT2D eigenvalue weighted by atomic mass is 10.1. The second kappa shape index (κ2) is 9.51. The smallest absolute Gasteiger partial charge is 0.191 e. The van der Waals surface area contributed by atoms with Gasteiger partial charge in [-0.3, -0.25) is 0 Å². The number of guanidine groups is 1. The Labute approximate surface area is 155 Å². The first-order valence-corrected chi connectivity index (χ1v) is 9.86. The zero-order valence-corrected chi connectivity index (χ0v) is 16.4. The van der Waals surface area contributed by atoms with Crippen LogP contribution in [0.25, 0.3) is 0 Å². The van der Waals surface area contributed by atoms with Crippen LogP contribution in [-0.2, 0) is 13.1 Å². The average Bonchev–Trinajstić information content (AvgIpc) is 3.12. The Morgan fingerprint density at radius 3 is 2.52 bits per heavy atom. The molecule has 25 heavy (non-hydrogen) atoms. The third-order valence-electron chi connectivity index (χ3n) is 3.95. The van der Waals surface area contributed by atoms with E-state index >= 15 is 0 Å². The average molecular weight is 360 g/mol. The standard InChI is InChI=1S/C19H29N5S/c1-5-21-18(23-14-19(2,3)25-4)22-12-16-6-8-17(9-7-16)13-24-11-10-20-15-24/h6-11,15H,5,12-14H2,1-4H3,(H2,21,22,23). The first-order chi connectivity index (χ1) is 12.0. The molecular formula is C19H29N5S. The fraction of sp³-hybridized carbons (Fsp3) is 0.474. The molecule has 1 aromatic carbocycles. The zero-order chi connectivity index (χ0) is 18.1. The van der Waals surface area contributed by atoms with Crippen molar-refractivity contribution in [2.24, 2.45) is 4.99 Å². The van der Waals surface area contributed by atoms with Crippen molar-refractivity contribution in [3.05, 3.63) is 54.1 Å². The van der Waals surface area contributed by atoms with E-state index in [9.17, 15) is 0 Å². The SMILES string of the molecule is CCNC(=NCc1ccc(Cn2ccnc2)cc1)NCC(C)(C)SC. The number of imidazole rings is 1. The number of aromatic nitrogens is 2. The molecular weight excluding hydrogens is 330 g/mol. The van der Waals surface area contributed by atoms with Gasteiger partial charge in [0.25, 0.3) is 0 Å². The molecule has 0 aliphatic heterocycles. The lowest BCUT2D eigenvalue weighted by Crippen LogP contribution is -2.43. The van der Waals surface area contributed by atoms with Crippen LogP contribution in [0.15, 0.2) is 48.0 Å². The Balaban J connectivity index is 1.92. The minimum atomic E-state index is 0.186. The number of thioether (sulfide) groups is 1. The third kappa shape index (κ3) is 6.82. The van der Waals surface area contributed by atoms with Crippen LogP contribution < -0.4 is 10.6 Å². The Bertz CT molecular complexity index is 647. The second-order valence-electron chi connectivity index (χ2n) is 6.56. The maximum atomic E-state index is 4.70. The van der Waals surface area contributed by atoms with Crippen LogP contribution in [-0.4, -0.2) is 39.6 Å². The fourth-order valence-corrected chi connectivity index (χ4v) is 2.44. The van der Waals surface area contributed by atoms with Gasteiger partial charge in [-0.25, -0.2) is 9.98 Å². The van der Waals surface area contributed by atoms with Crippen molar-refractivity contribution in [3.63, 3.8) is 0 Å². The molecule has 5 nitrogen and oxygen atoms in total. The summed E-state index contributed by atoms with van der Waals surface area (Å²) in [7, 11) is 0. The van der Waals surface area contributed by atoms with Gasteiger partial charge in [-0.05, 0) is 38.2 Å². The largest absolute Gasteiger partial charge is 0.357 e. The Morgan fingerprint density at radius 1 is 1.20 bits per heavy atom. The highest BCUT2D eigenvalue weighted by Crippen LogP contribution is 2.19. The molecule has 0 spiro atoms. The number of benzene rings is 1. The molecule has 0 aliphatic carbocycles. The van der Waals surface area contributed by atoms with Crippen molar-refractivity contribution < 1.29 is 0 Å². The van der Waals surface area contributed by atoms with Gasteiger partial charge in [-0.15, -0.1) is 0 Å². The number of hydrogen-bond donors (Lipinski definition) is 2. The minimum absolute atomic E-state index is 0.186. The summed E-state index contributed by atoms with van der Waals surface area (Å²) in [6.07, 6.45) is 7.75. The van der Waals surface area contributed by atoms with Crippen molar-refractivity contribution in [2.75, 3.05) is 19.3 Å². The molecule has 0 amide bonds. The molecule has 2 rings (SSSR count). The van der Waals surface area contributed by atoms with E-state index in [1.807, 2.05) is 24.3 Å². The molecule has 1 aromatic heterocycles. The molecule has 0 fully saturated rings. The quantitative estimate of drug-likeness (QED) is 0.562. The van der Waals surface area contributed by atoms with E-state index in [0.29, 0.717) is 6.54 Å². The van der Waals surface area contributed by atoms with E-state index < -0.39 is 0 Å². The number of nitrogens with one attached hydrogen (secondary N) is 2. The van der Waals surface area contributed by atoms with Gasteiger partial charge in [0, 0.05) is 36.8 Å². The molecule has 1 heterocycles. The Morgan fingerprint density at radius 2 is 1.92 bits per heavy atom. The van der Waals surface area contributed by atoms with Crippen LogP contribution in [0, 0.1) is 0 Å². The van der Waals surface area contributed by atoms with E-state index in [2.05, 4.69) is 71.5 Å². The highest BCUT2D eigenvalue weighted by atomic mass is 32.2. The molecule has 0 bridgehead atoms. The normalized spacial score (nSPS) is 12.2. The highest BCUT2D eigenvalue weighted by Gasteiger charge is 2.15. The molecule has 0 unspecified atom stereocenters. The molecule has 0 saturated carbocycles. The van der Waals surface area contributed by atoms with Gasteiger partial charge in [-0.1, -0.05) is 24.3 Å². The number of hydrogen-bond acceptors (Lipinski definition) is 3. The summed E-state index contributed by atoms with van der Waals surface area (Å²) in [6, 6.07) is 8.60. The van der Waals surface area contributed by atoms with Crippen LogP contribution in [0.1, 0.15) is 31.9 Å². The second-order valence-corrected chi connectivity index (χ2v) is 8.08. The summed E-state index contributed by atoms with van der Waals surface area (Å²) in [5.74, 6) is 0.868. The van der Waals surface area contributed by atoms with E-state index in [1.165, 1.54) is 11.1 Å². The predicted octanol–water partition coefficient (Wildman–Crippen LogP) is 3.13. The number of nitrogens with zero attached hydrogens (tertiary/aromatic N) is 3. The minimum Gasteiger partial charge on any atom is -0.357 e. The summed E-state index contributed by atoms with van der Waals surface area (Å²) in [4.78, 5) is 8.77. The molecule has 0 atom stereocenters. The van der Waals surface area contributed by atoms with Crippen molar-refractivity contribution in [2.45, 2.75) is 38.6 Å². The third-order valence-corrected chi connectivity index (χ3v) is 5.19. The van der Waals surface area contributed by atoms with Crippen LogP contribution in [0.5, 0.6) is 0 Å². The lowest BCUT2D eigenvalue weighted by Gasteiger charge is -2.23. The number of rotatable bonds is 8. The maximum absolute atomic E-state index is 4.70. The number of aliphatic imine (C=N–C) groups is 1. The molecule has 6 heteroatoms. The van der Waals surface area contributed by atoms with Crippen LogP contribution in [0.3, 0.4) is 0 Å². The molecule has 2 aromatic rings. The fourth-order valence-electron chi connectivity index (χ4n) is 2.22. The molecule has 136 valence electrons. The van der Waals surface area contributed by atoms with Gasteiger partial charge in [0.15, 0.2) is 5.96 Å². The van der Waals surface area contributed by atoms with Crippen LogP contribution in [0.4, 0.5) is 0 Å². The molecule has 0 radical (unpaired) electrons. The Hall–Kier alpha value is -1.95. The monoisotopic (exact) mass is 359 g/mol. The lowest BCUT2D eigenvalue weighted by molar-refractivity contribution is 0.665. The molecule has 2 N–H and O–H groups in total. The summed E-state index contributed by atoms with van der Waals surface area (Å²) in [5, 5.41) is 6.74.